The molecular formula is C17H20N2O2. The number of benzene rings is 1. The van der Waals surface area contributed by atoms with E-state index < -0.39 is 0 Å². The molecule has 1 aromatic heterocycles. The first kappa shape index (κ1) is 10.9. The smallest absolute Gasteiger partial charge is 0.340 e. The molecule has 0 amide bonds. The second-order valence-electron chi connectivity index (χ2n) is 6.16. The maximum absolute atomic E-state index is 12.5. The van der Waals surface area contributed by atoms with Crippen molar-refractivity contribution in [3.63, 3.8) is 0 Å². The molecule has 0 radical (unpaired) electrons. The zero-order valence-electron chi connectivity index (χ0n) is 14.1. The fourth-order valence-electron chi connectivity index (χ4n) is 3.79. The lowest BCUT2D eigenvalue weighted by molar-refractivity contribution is -0.000258. The molecule has 2 fully saturated rings. The maximum Gasteiger partial charge on any atom is 0.340 e. The Morgan fingerprint density at radius 2 is 2.05 bits per heavy atom. The predicted octanol–water partition coefficient (Wildman–Crippen LogP) is 2.95. The first-order valence-electron chi connectivity index (χ1n) is 8.54. The molecule has 3 atom stereocenters. The average molecular weight is 286 g/mol. The van der Waals surface area contributed by atoms with E-state index in [-0.39, 0.29) is 24.2 Å². The van der Waals surface area contributed by atoms with Crippen molar-refractivity contribution in [1.82, 2.24) is 9.88 Å². The lowest BCUT2D eigenvalue weighted by Crippen LogP contribution is -2.43. The standard InChI is InChI=1S/C17H20N2O2/c1-19-11-6-7-12(19)9-13(8-11)21-17(20)15-10-18-16-5-3-2-4-14(15)16/h2-5,10-13,18H,6-9H2,1H3/t11-,12+,13?/i2D,3D. The third-order valence-electron chi connectivity index (χ3n) is 5.02. The van der Waals surface area contributed by atoms with Gasteiger partial charge in [-0.3, -0.25) is 0 Å². The number of piperidine rings is 1. The number of ether oxygens (including phenoxy) is 1. The second-order valence-corrected chi connectivity index (χ2v) is 6.16. The van der Waals surface area contributed by atoms with E-state index in [1.54, 1.807) is 18.3 Å². The zero-order chi connectivity index (χ0) is 16.1. The van der Waals surface area contributed by atoms with Crippen LogP contribution >= 0.6 is 0 Å². The number of hydrogen-bond donors (Lipinski definition) is 1. The van der Waals surface area contributed by atoms with Crippen LogP contribution in [0.2, 0.25) is 0 Å². The van der Waals surface area contributed by atoms with Crippen LogP contribution in [0.1, 0.15) is 38.8 Å². The summed E-state index contributed by atoms with van der Waals surface area (Å²) in [4.78, 5) is 17.9. The summed E-state index contributed by atoms with van der Waals surface area (Å²) in [6, 6.07) is 4.45. The number of nitrogens with one attached hydrogen (secondary N) is 1. The number of fused-ring (bicyclic) bond motifs is 3. The van der Waals surface area contributed by atoms with Crippen molar-refractivity contribution in [2.45, 2.75) is 43.9 Å². The van der Waals surface area contributed by atoms with Crippen LogP contribution in [-0.4, -0.2) is 41.1 Å². The molecular weight excluding hydrogens is 264 g/mol. The highest BCUT2D eigenvalue weighted by Gasteiger charge is 2.40. The number of aromatic nitrogens is 1. The number of hydrogen-bond acceptors (Lipinski definition) is 3. The van der Waals surface area contributed by atoms with Gasteiger partial charge in [-0.25, -0.2) is 4.79 Å². The number of para-hydroxylation sites is 1. The van der Waals surface area contributed by atoms with Gasteiger partial charge < -0.3 is 14.6 Å². The molecule has 2 bridgehead atoms. The highest BCUT2D eigenvalue weighted by molar-refractivity contribution is 6.04. The van der Waals surface area contributed by atoms with E-state index >= 15 is 0 Å². The van der Waals surface area contributed by atoms with E-state index in [2.05, 4.69) is 16.9 Å². The molecule has 2 aliphatic rings. The van der Waals surface area contributed by atoms with Crippen molar-refractivity contribution in [3.05, 3.63) is 36.0 Å². The van der Waals surface area contributed by atoms with Crippen LogP contribution < -0.4 is 0 Å². The molecule has 4 heteroatoms. The summed E-state index contributed by atoms with van der Waals surface area (Å²) < 4.78 is 21.2. The lowest BCUT2D eigenvalue weighted by atomic mass is 10.0. The van der Waals surface area contributed by atoms with Gasteiger partial charge in [-0.2, -0.15) is 0 Å². The Hall–Kier alpha value is -1.81. The molecule has 1 N–H and O–H groups in total. The van der Waals surface area contributed by atoms with Gasteiger partial charge in [0.25, 0.3) is 0 Å². The summed E-state index contributed by atoms with van der Waals surface area (Å²) in [5.74, 6) is -0.331. The molecule has 2 aliphatic heterocycles. The quantitative estimate of drug-likeness (QED) is 0.863. The van der Waals surface area contributed by atoms with Crippen molar-refractivity contribution in [1.29, 1.82) is 0 Å². The molecule has 0 saturated carbocycles. The number of H-pyrrole nitrogens is 1. The van der Waals surface area contributed by atoms with Crippen molar-refractivity contribution in [2.75, 3.05) is 7.05 Å². The summed E-state index contributed by atoms with van der Waals surface area (Å²) in [5, 5.41) is 0.659. The first-order valence-corrected chi connectivity index (χ1v) is 7.54. The summed E-state index contributed by atoms with van der Waals surface area (Å²) in [7, 11) is 2.16. The number of rotatable bonds is 2. The van der Waals surface area contributed by atoms with Crippen LogP contribution in [0.3, 0.4) is 0 Å². The van der Waals surface area contributed by atoms with E-state index in [1.807, 2.05) is 0 Å². The molecule has 2 aromatic rings. The Bertz CT molecular complexity index is 759. The van der Waals surface area contributed by atoms with Crippen LogP contribution in [0.15, 0.2) is 30.4 Å². The molecule has 0 aliphatic carbocycles. The Morgan fingerprint density at radius 1 is 1.33 bits per heavy atom. The van der Waals surface area contributed by atoms with Crippen molar-refractivity contribution < 1.29 is 12.3 Å². The van der Waals surface area contributed by atoms with Crippen LogP contribution in [-0.2, 0) is 4.74 Å². The molecule has 0 spiro atoms. The minimum atomic E-state index is -0.331. The van der Waals surface area contributed by atoms with Gasteiger partial charge in [-0.05, 0) is 26.0 Å². The molecule has 1 aromatic carbocycles. The second kappa shape index (κ2) is 4.88. The van der Waals surface area contributed by atoms with Gasteiger partial charge in [0.15, 0.2) is 0 Å². The molecule has 1 unspecified atom stereocenters. The number of esters is 1. The minimum Gasteiger partial charge on any atom is -0.459 e. The zero-order valence-corrected chi connectivity index (χ0v) is 12.1. The molecule has 3 heterocycles. The van der Waals surface area contributed by atoms with Gasteiger partial charge in [0.2, 0.25) is 0 Å². The fraction of sp³-hybridized carbons (Fsp3) is 0.471. The van der Waals surface area contributed by atoms with Crippen LogP contribution in [0.4, 0.5) is 0 Å². The van der Waals surface area contributed by atoms with Crippen molar-refractivity contribution >= 4 is 16.9 Å². The number of carbonyl (C=O) groups excluding carboxylic acids is 1. The average Bonchev–Trinajstić information content (AvgIpc) is 2.97. The van der Waals surface area contributed by atoms with E-state index in [0.717, 1.165) is 12.8 Å². The Kier molecular flexibility index (Phi) is 2.52. The van der Waals surface area contributed by atoms with Gasteiger partial charge in [0.05, 0.1) is 8.30 Å². The van der Waals surface area contributed by atoms with E-state index in [0.29, 0.717) is 28.6 Å². The van der Waals surface area contributed by atoms with Gasteiger partial charge in [0, 0.05) is 42.0 Å². The first-order chi connectivity index (χ1) is 11.0. The lowest BCUT2D eigenvalue weighted by Gasteiger charge is -2.35. The molecule has 110 valence electrons. The fourth-order valence-corrected chi connectivity index (χ4v) is 3.79. The summed E-state index contributed by atoms with van der Waals surface area (Å²) in [6.07, 6.45) is 5.79. The Labute approximate surface area is 126 Å². The van der Waals surface area contributed by atoms with Crippen molar-refractivity contribution in [3.8, 4) is 0 Å². The predicted molar refractivity (Wildman–Crippen MR) is 81.3 cm³/mol. The minimum absolute atomic E-state index is 0.0212. The third kappa shape index (κ3) is 2.14. The van der Waals surface area contributed by atoms with E-state index in [4.69, 9.17) is 7.48 Å². The van der Waals surface area contributed by atoms with Gasteiger partial charge in [-0.1, -0.05) is 18.2 Å². The third-order valence-corrected chi connectivity index (χ3v) is 5.02. The topological polar surface area (TPSA) is 45.3 Å². The van der Waals surface area contributed by atoms with Crippen LogP contribution in [0, 0.1) is 0 Å². The summed E-state index contributed by atoms with van der Waals surface area (Å²) in [6.45, 7) is 0. The van der Waals surface area contributed by atoms with E-state index in [9.17, 15) is 4.79 Å². The number of carbonyl (C=O) groups is 1. The highest BCUT2D eigenvalue weighted by Crippen LogP contribution is 2.35. The monoisotopic (exact) mass is 286 g/mol. The van der Waals surface area contributed by atoms with Crippen LogP contribution in [0.25, 0.3) is 10.9 Å². The van der Waals surface area contributed by atoms with Gasteiger partial charge >= 0.3 is 5.97 Å². The number of nitrogens with zero attached hydrogens (tertiary/aromatic N) is 1. The largest absolute Gasteiger partial charge is 0.459 e. The Morgan fingerprint density at radius 3 is 2.81 bits per heavy atom. The molecule has 2 saturated heterocycles. The molecule has 4 nitrogen and oxygen atoms in total. The molecule has 4 rings (SSSR count). The highest BCUT2D eigenvalue weighted by atomic mass is 16.5. The van der Waals surface area contributed by atoms with Crippen molar-refractivity contribution in [2.24, 2.45) is 0 Å². The summed E-state index contributed by atoms with van der Waals surface area (Å²) >= 11 is 0. The Balaban J connectivity index is 1.55. The van der Waals surface area contributed by atoms with Gasteiger partial charge in [-0.15, -0.1) is 0 Å². The van der Waals surface area contributed by atoms with Gasteiger partial charge in [0.1, 0.15) is 6.10 Å². The normalized spacial score (nSPS) is 30.2. The van der Waals surface area contributed by atoms with E-state index in [1.165, 1.54) is 12.8 Å². The molecule has 21 heavy (non-hydrogen) atoms. The van der Waals surface area contributed by atoms with Crippen LogP contribution in [0.5, 0.6) is 0 Å². The SMILES string of the molecule is [2H]c1cc2[nH]cc(C(=O)OC3C[C@H]4CC[C@@H](C3)N4C)c2cc1[2H]. The maximum atomic E-state index is 12.5. The summed E-state index contributed by atoms with van der Waals surface area (Å²) in [5.41, 5.74) is 1.15. The number of aromatic amines is 1.